The average molecular weight is 183 g/mol. The lowest BCUT2D eigenvalue weighted by molar-refractivity contribution is -0.121. The molecular formula is C7H13N5O. The van der Waals surface area contributed by atoms with Gasteiger partial charge in [0.2, 0.25) is 5.96 Å². The first-order valence-electron chi connectivity index (χ1n) is 3.55. The largest absolute Gasteiger partial charge is 0.359 e. The third kappa shape index (κ3) is 3.37. The molecule has 0 aliphatic carbocycles. The van der Waals surface area contributed by atoms with E-state index in [2.05, 4.69) is 17.2 Å². The monoisotopic (exact) mass is 183 g/mol. The lowest BCUT2D eigenvalue weighted by Gasteiger charge is -2.17. The van der Waals surface area contributed by atoms with Gasteiger partial charge < -0.3 is 5.32 Å². The topological polar surface area (TPSA) is 92.1 Å². The Morgan fingerprint density at radius 1 is 1.54 bits per heavy atom. The Hall–Kier alpha value is -1.85. The molecule has 0 rings (SSSR count). The second-order valence-electron chi connectivity index (χ2n) is 2.20. The molecule has 6 heteroatoms. The molecule has 4 N–H and O–H groups in total. The lowest BCUT2D eigenvalue weighted by Crippen LogP contribution is -2.47. The van der Waals surface area contributed by atoms with Crippen LogP contribution in [0.2, 0.25) is 0 Å². The molecule has 1 amide bonds. The molecule has 0 bridgehead atoms. The van der Waals surface area contributed by atoms with Crippen molar-refractivity contribution in [3.8, 4) is 0 Å². The van der Waals surface area contributed by atoms with Gasteiger partial charge in [0, 0.05) is 14.1 Å². The predicted molar refractivity (Wildman–Crippen MR) is 50.6 cm³/mol. The van der Waals surface area contributed by atoms with Crippen molar-refractivity contribution in [2.75, 3.05) is 14.1 Å². The highest BCUT2D eigenvalue weighted by atomic mass is 16.2. The van der Waals surface area contributed by atoms with Crippen LogP contribution in [0.1, 0.15) is 0 Å². The van der Waals surface area contributed by atoms with Gasteiger partial charge in [-0.25, -0.2) is 0 Å². The van der Waals surface area contributed by atoms with Crippen molar-refractivity contribution in [1.29, 1.82) is 10.8 Å². The SMILES string of the molecule is C=CC(=O)N(C)C(=N)NC(=N)NC. The Morgan fingerprint density at radius 3 is 2.46 bits per heavy atom. The molecule has 6 nitrogen and oxygen atoms in total. The summed E-state index contributed by atoms with van der Waals surface area (Å²) in [6.45, 7) is 3.28. The number of nitrogens with one attached hydrogen (secondary N) is 4. The van der Waals surface area contributed by atoms with E-state index in [1.165, 1.54) is 14.1 Å². The number of hydrogen-bond donors (Lipinski definition) is 4. The molecule has 72 valence electrons. The minimum Gasteiger partial charge on any atom is -0.359 e. The van der Waals surface area contributed by atoms with Gasteiger partial charge in [0.15, 0.2) is 5.96 Å². The normalized spacial score (nSPS) is 8.46. The molecule has 0 atom stereocenters. The highest BCUT2D eigenvalue weighted by molar-refractivity contribution is 6.05. The van der Waals surface area contributed by atoms with Gasteiger partial charge in [-0.2, -0.15) is 0 Å². The van der Waals surface area contributed by atoms with Gasteiger partial charge in [-0.05, 0) is 6.08 Å². The third-order valence-corrected chi connectivity index (χ3v) is 1.33. The van der Waals surface area contributed by atoms with E-state index in [1.54, 1.807) is 0 Å². The van der Waals surface area contributed by atoms with Crippen LogP contribution in [0.3, 0.4) is 0 Å². The van der Waals surface area contributed by atoms with Gasteiger partial charge in [-0.15, -0.1) is 0 Å². The van der Waals surface area contributed by atoms with Gasteiger partial charge >= 0.3 is 0 Å². The van der Waals surface area contributed by atoms with E-state index in [-0.39, 0.29) is 11.9 Å². The van der Waals surface area contributed by atoms with E-state index in [4.69, 9.17) is 10.8 Å². The van der Waals surface area contributed by atoms with Gasteiger partial charge in [0.1, 0.15) is 0 Å². The number of guanidine groups is 2. The summed E-state index contributed by atoms with van der Waals surface area (Å²) in [5.41, 5.74) is 0. The van der Waals surface area contributed by atoms with Crippen LogP contribution in [-0.2, 0) is 4.79 Å². The highest BCUT2D eigenvalue weighted by Crippen LogP contribution is 1.84. The van der Waals surface area contributed by atoms with Crippen LogP contribution < -0.4 is 10.6 Å². The molecule has 0 saturated carbocycles. The molecule has 0 heterocycles. The third-order valence-electron chi connectivity index (χ3n) is 1.33. The van der Waals surface area contributed by atoms with Crippen LogP contribution in [0.25, 0.3) is 0 Å². The maximum absolute atomic E-state index is 11.0. The van der Waals surface area contributed by atoms with E-state index in [9.17, 15) is 4.79 Å². The Morgan fingerprint density at radius 2 is 2.08 bits per heavy atom. The zero-order valence-electron chi connectivity index (χ0n) is 7.64. The standard InChI is InChI=1S/C7H13N5O/c1-4-5(13)12(3)7(9)11-6(8)10-2/h4H,1H2,2-3H3,(H4,8,9,10,11). The molecule has 0 unspecified atom stereocenters. The molecule has 0 fully saturated rings. The van der Waals surface area contributed by atoms with Crippen molar-refractivity contribution in [1.82, 2.24) is 15.5 Å². The summed E-state index contributed by atoms with van der Waals surface area (Å²) in [6.07, 6.45) is 1.10. The molecule has 0 aromatic carbocycles. The molecule has 0 aliphatic heterocycles. The molecule has 0 aliphatic rings. The van der Waals surface area contributed by atoms with E-state index in [0.29, 0.717) is 0 Å². The summed E-state index contributed by atoms with van der Waals surface area (Å²) in [7, 11) is 2.96. The number of carbonyl (C=O) groups is 1. The first kappa shape index (κ1) is 11.2. The molecular weight excluding hydrogens is 170 g/mol. The summed E-state index contributed by atoms with van der Waals surface area (Å²) in [6, 6.07) is 0. The number of nitrogens with zero attached hydrogens (tertiary/aromatic N) is 1. The molecule has 0 spiro atoms. The number of hydrogen-bond acceptors (Lipinski definition) is 3. The van der Waals surface area contributed by atoms with Crippen molar-refractivity contribution in [3.63, 3.8) is 0 Å². The molecule has 0 radical (unpaired) electrons. The summed E-state index contributed by atoms with van der Waals surface area (Å²) < 4.78 is 0. The van der Waals surface area contributed by atoms with E-state index in [1.807, 2.05) is 0 Å². The van der Waals surface area contributed by atoms with Gasteiger partial charge in [-0.1, -0.05) is 6.58 Å². The summed E-state index contributed by atoms with van der Waals surface area (Å²) in [5, 5.41) is 19.3. The van der Waals surface area contributed by atoms with Crippen LogP contribution >= 0.6 is 0 Å². The quantitative estimate of drug-likeness (QED) is 0.246. The fourth-order valence-electron chi connectivity index (χ4n) is 0.512. The molecule has 13 heavy (non-hydrogen) atoms. The zero-order chi connectivity index (χ0) is 10.4. The number of rotatable bonds is 1. The summed E-state index contributed by atoms with van der Waals surface area (Å²) in [4.78, 5) is 12.0. The maximum Gasteiger partial charge on any atom is 0.252 e. The number of amides is 1. The average Bonchev–Trinajstić information content (AvgIpc) is 2.14. The molecule has 0 saturated heterocycles. The van der Waals surface area contributed by atoms with Crippen LogP contribution in [0.4, 0.5) is 0 Å². The first-order chi connectivity index (χ1) is 6.02. The van der Waals surface area contributed by atoms with E-state index < -0.39 is 5.91 Å². The van der Waals surface area contributed by atoms with Gasteiger partial charge in [0.25, 0.3) is 5.91 Å². The van der Waals surface area contributed by atoms with E-state index >= 15 is 0 Å². The fraction of sp³-hybridized carbons (Fsp3) is 0.286. The van der Waals surface area contributed by atoms with Gasteiger partial charge in [-0.3, -0.25) is 25.8 Å². The maximum atomic E-state index is 11.0. The Kier molecular flexibility index (Phi) is 4.21. The van der Waals surface area contributed by atoms with Crippen LogP contribution in [0.15, 0.2) is 12.7 Å². The van der Waals surface area contributed by atoms with Crippen molar-refractivity contribution in [2.45, 2.75) is 0 Å². The minimum atomic E-state index is -0.401. The van der Waals surface area contributed by atoms with Crippen LogP contribution in [0, 0.1) is 10.8 Å². The van der Waals surface area contributed by atoms with E-state index in [0.717, 1.165) is 11.0 Å². The van der Waals surface area contributed by atoms with Crippen molar-refractivity contribution in [2.24, 2.45) is 0 Å². The second kappa shape index (κ2) is 4.91. The first-order valence-corrected chi connectivity index (χ1v) is 3.55. The van der Waals surface area contributed by atoms with Crippen LogP contribution in [0.5, 0.6) is 0 Å². The van der Waals surface area contributed by atoms with Crippen molar-refractivity contribution in [3.05, 3.63) is 12.7 Å². The zero-order valence-corrected chi connectivity index (χ0v) is 7.64. The Balaban J connectivity index is 4.19. The van der Waals surface area contributed by atoms with Gasteiger partial charge in [0.05, 0.1) is 0 Å². The van der Waals surface area contributed by atoms with Crippen LogP contribution in [-0.4, -0.2) is 36.8 Å². The minimum absolute atomic E-state index is 0.0475. The highest BCUT2D eigenvalue weighted by Gasteiger charge is 2.10. The number of carbonyl (C=O) groups excluding carboxylic acids is 1. The fourth-order valence-corrected chi connectivity index (χ4v) is 0.512. The van der Waals surface area contributed by atoms with Crippen molar-refractivity contribution < 1.29 is 4.79 Å². The molecule has 0 aromatic heterocycles. The Labute approximate surface area is 76.6 Å². The Bertz CT molecular complexity index is 247. The summed E-state index contributed by atoms with van der Waals surface area (Å²) in [5.74, 6) is -0.626. The summed E-state index contributed by atoms with van der Waals surface area (Å²) >= 11 is 0. The predicted octanol–water partition coefficient (Wildman–Crippen LogP) is -0.691. The molecule has 0 aromatic rings. The smallest absolute Gasteiger partial charge is 0.252 e. The number of likely N-dealkylation sites (N-methyl/N-ethyl adjacent to an activating group) is 1. The van der Waals surface area contributed by atoms with Crippen molar-refractivity contribution >= 4 is 17.8 Å². The second-order valence-corrected chi connectivity index (χ2v) is 2.20. The lowest BCUT2D eigenvalue weighted by atomic mass is 10.5.